The van der Waals surface area contributed by atoms with Gasteiger partial charge in [0.05, 0.1) is 17.8 Å². The second-order valence-electron chi connectivity index (χ2n) is 10.6. The average molecular weight is 484 g/mol. The highest BCUT2D eigenvalue weighted by atomic mass is 16.4. The molecule has 1 aromatic heterocycles. The number of aliphatic carboxylic acids is 1. The lowest BCUT2D eigenvalue weighted by Gasteiger charge is -2.31. The van der Waals surface area contributed by atoms with Crippen LogP contribution in [0, 0.1) is 11.8 Å². The van der Waals surface area contributed by atoms with E-state index in [1.807, 2.05) is 12.3 Å². The van der Waals surface area contributed by atoms with Crippen molar-refractivity contribution in [1.29, 1.82) is 0 Å². The molecule has 2 aliphatic heterocycles. The van der Waals surface area contributed by atoms with E-state index in [2.05, 4.69) is 45.9 Å². The van der Waals surface area contributed by atoms with Gasteiger partial charge in [0.15, 0.2) is 0 Å². The van der Waals surface area contributed by atoms with Gasteiger partial charge in [-0.2, -0.15) is 5.10 Å². The van der Waals surface area contributed by atoms with Gasteiger partial charge in [0.25, 0.3) is 0 Å². The van der Waals surface area contributed by atoms with Gasteiger partial charge in [0, 0.05) is 30.1 Å². The normalized spacial score (nSPS) is 29.7. The quantitative estimate of drug-likeness (QED) is 0.521. The van der Waals surface area contributed by atoms with Crippen LogP contribution in [0.2, 0.25) is 0 Å². The molecular formula is C29H33N5O2. The molecule has 7 heteroatoms. The molecule has 3 N–H and O–H groups in total. The molecule has 0 bridgehead atoms. The first kappa shape index (κ1) is 23.0. The Labute approximate surface area is 211 Å². The predicted molar refractivity (Wildman–Crippen MR) is 142 cm³/mol. The molecule has 0 aromatic carbocycles. The molecule has 5 aliphatic rings. The van der Waals surface area contributed by atoms with Gasteiger partial charge in [-0.1, -0.05) is 36.0 Å². The van der Waals surface area contributed by atoms with Gasteiger partial charge in [0.2, 0.25) is 0 Å². The van der Waals surface area contributed by atoms with Crippen molar-refractivity contribution in [3.05, 3.63) is 71.3 Å². The van der Waals surface area contributed by atoms with Crippen LogP contribution in [0.1, 0.15) is 63.5 Å². The molecule has 0 amide bonds. The lowest BCUT2D eigenvalue weighted by atomic mass is 9.75. The lowest BCUT2D eigenvalue weighted by molar-refractivity contribution is -0.138. The fraction of sp³-hybridized carbons (Fsp3) is 0.448. The number of amidine groups is 1. The number of aliphatic imine (C=N–C) groups is 2. The molecule has 3 heterocycles. The number of carbonyl (C=O) groups is 1. The monoisotopic (exact) mass is 483 g/mol. The van der Waals surface area contributed by atoms with E-state index in [4.69, 9.17) is 15.1 Å². The number of nitrogens with zero attached hydrogens (tertiary/aromatic N) is 3. The Balaban J connectivity index is 1.07. The molecule has 3 aliphatic carbocycles. The number of H-pyrrole nitrogens is 1. The summed E-state index contributed by atoms with van der Waals surface area (Å²) in [6.45, 7) is 0. The van der Waals surface area contributed by atoms with Crippen molar-refractivity contribution in [2.24, 2.45) is 21.8 Å². The van der Waals surface area contributed by atoms with Crippen molar-refractivity contribution in [3.63, 3.8) is 0 Å². The van der Waals surface area contributed by atoms with Crippen LogP contribution in [0.15, 0.2) is 75.5 Å². The number of hydrogen-bond acceptors (Lipinski definition) is 5. The van der Waals surface area contributed by atoms with E-state index in [1.54, 1.807) is 11.8 Å². The van der Waals surface area contributed by atoms with E-state index in [0.29, 0.717) is 18.3 Å². The van der Waals surface area contributed by atoms with Crippen LogP contribution in [0.25, 0.3) is 5.57 Å². The van der Waals surface area contributed by atoms with Gasteiger partial charge in [0.1, 0.15) is 5.84 Å². The molecule has 6 rings (SSSR count). The van der Waals surface area contributed by atoms with Crippen molar-refractivity contribution in [3.8, 4) is 0 Å². The first-order valence-electron chi connectivity index (χ1n) is 13.2. The molecule has 0 radical (unpaired) electrons. The number of carboxylic acids is 1. The van der Waals surface area contributed by atoms with Crippen molar-refractivity contribution in [1.82, 2.24) is 15.5 Å². The van der Waals surface area contributed by atoms with Crippen molar-refractivity contribution in [2.45, 2.75) is 69.9 Å². The summed E-state index contributed by atoms with van der Waals surface area (Å²) < 4.78 is 0. The minimum atomic E-state index is -0.657. The summed E-state index contributed by atoms with van der Waals surface area (Å²) in [5.74, 6) is 1.30. The second-order valence-corrected chi connectivity index (χ2v) is 10.6. The fourth-order valence-corrected chi connectivity index (χ4v) is 6.22. The third-order valence-corrected chi connectivity index (χ3v) is 8.29. The standard InChI is InChI=1S/C29H33N5O2/c35-28(36)15-18-1-3-19(4-2-18)20-5-7-21(8-6-20)24-11-10-23(17-30-24)29-32-26-12-9-22(16-27(26)33-29)25-13-14-31-34-25/h5,7,9,12-14,16-19,26-27H,1-4,6,8,10-11,15H2,(H,31,34)(H,32,33)(H,35,36). The third kappa shape index (κ3) is 4.79. The van der Waals surface area contributed by atoms with Crippen molar-refractivity contribution < 1.29 is 9.90 Å². The summed E-state index contributed by atoms with van der Waals surface area (Å²) in [5.41, 5.74) is 7.46. The summed E-state index contributed by atoms with van der Waals surface area (Å²) in [7, 11) is 0. The van der Waals surface area contributed by atoms with Crippen LogP contribution < -0.4 is 5.32 Å². The van der Waals surface area contributed by atoms with E-state index in [9.17, 15) is 4.79 Å². The highest BCUT2D eigenvalue weighted by Gasteiger charge is 2.31. The average Bonchev–Trinajstić information content (AvgIpc) is 3.59. The van der Waals surface area contributed by atoms with Gasteiger partial charge in [-0.25, -0.2) is 0 Å². The minimum Gasteiger partial charge on any atom is -0.481 e. The van der Waals surface area contributed by atoms with Gasteiger partial charge >= 0.3 is 5.97 Å². The summed E-state index contributed by atoms with van der Waals surface area (Å²) >= 11 is 0. The van der Waals surface area contributed by atoms with Crippen molar-refractivity contribution in [2.75, 3.05) is 0 Å². The summed E-state index contributed by atoms with van der Waals surface area (Å²) in [5, 5.41) is 19.7. The predicted octanol–water partition coefficient (Wildman–Crippen LogP) is 5.15. The molecule has 2 unspecified atom stereocenters. The topological polar surface area (TPSA) is 103 Å². The van der Waals surface area contributed by atoms with E-state index in [0.717, 1.165) is 68.5 Å². The summed E-state index contributed by atoms with van der Waals surface area (Å²) in [4.78, 5) is 20.8. The van der Waals surface area contributed by atoms with Crippen LogP contribution in [0.4, 0.5) is 0 Å². The Bertz CT molecular complexity index is 1240. The maximum absolute atomic E-state index is 11.0. The molecule has 7 nitrogen and oxygen atoms in total. The van der Waals surface area contributed by atoms with Crippen LogP contribution in [0.5, 0.6) is 0 Å². The molecule has 0 saturated heterocycles. The zero-order valence-corrected chi connectivity index (χ0v) is 20.5. The molecule has 1 saturated carbocycles. The summed E-state index contributed by atoms with van der Waals surface area (Å²) in [6, 6.07) is 2.28. The number of carboxylic acid groups (broad SMARTS) is 1. The van der Waals surface area contributed by atoms with Gasteiger partial charge < -0.3 is 10.4 Å². The largest absolute Gasteiger partial charge is 0.481 e. The number of aromatic nitrogens is 2. The first-order valence-corrected chi connectivity index (χ1v) is 13.2. The third-order valence-electron chi connectivity index (χ3n) is 8.29. The molecule has 36 heavy (non-hydrogen) atoms. The minimum absolute atomic E-state index is 0.127. The number of allylic oxidation sites excluding steroid dienone is 6. The fourth-order valence-electron chi connectivity index (χ4n) is 6.22. The van der Waals surface area contributed by atoms with Crippen LogP contribution in [0.3, 0.4) is 0 Å². The Hall–Kier alpha value is -3.48. The Kier molecular flexibility index (Phi) is 6.30. The Morgan fingerprint density at radius 1 is 1.06 bits per heavy atom. The summed E-state index contributed by atoms with van der Waals surface area (Å²) in [6.07, 6.45) is 23.6. The van der Waals surface area contributed by atoms with Crippen LogP contribution >= 0.6 is 0 Å². The van der Waals surface area contributed by atoms with Gasteiger partial charge in [-0.3, -0.25) is 19.9 Å². The number of nitrogens with one attached hydrogen (secondary N) is 2. The first-order chi connectivity index (χ1) is 17.6. The second kappa shape index (κ2) is 9.88. The highest BCUT2D eigenvalue weighted by molar-refractivity contribution is 6.06. The number of hydrogen-bond donors (Lipinski definition) is 3. The number of fused-ring (bicyclic) bond motifs is 1. The van der Waals surface area contributed by atoms with Gasteiger partial charge in [-0.15, -0.1) is 0 Å². The van der Waals surface area contributed by atoms with E-state index in [1.165, 1.54) is 16.9 Å². The SMILES string of the molecule is O=C(O)CC1CCC(C2=CC=C(C3=NC=C(C4=NC5C=CC(c6ccn[nH]6)=CC5N4)CC3)CC2)CC1. The molecule has 0 spiro atoms. The highest BCUT2D eigenvalue weighted by Crippen LogP contribution is 2.38. The van der Waals surface area contributed by atoms with Crippen molar-refractivity contribution >= 4 is 23.1 Å². The maximum atomic E-state index is 11.0. The molecule has 1 aromatic rings. The van der Waals surface area contributed by atoms with Gasteiger partial charge in [-0.05, 0) is 80.4 Å². The molecule has 1 fully saturated rings. The van der Waals surface area contributed by atoms with Crippen LogP contribution in [-0.2, 0) is 4.79 Å². The molecule has 2 atom stereocenters. The maximum Gasteiger partial charge on any atom is 0.303 e. The Morgan fingerprint density at radius 2 is 1.92 bits per heavy atom. The lowest BCUT2D eigenvalue weighted by Crippen LogP contribution is -2.34. The zero-order valence-electron chi connectivity index (χ0n) is 20.5. The van der Waals surface area contributed by atoms with E-state index >= 15 is 0 Å². The molecule has 186 valence electrons. The smallest absolute Gasteiger partial charge is 0.303 e. The van der Waals surface area contributed by atoms with E-state index in [-0.39, 0.29) is 12.1 Å². The molecular weight excluding hydrogens is 450 g/mol. The van der Waals surface area contributed by atoms with E-state index < -0.39 is 5.97 Å². The van der Waals surface area contributed by atoms with Crippen LogP contribution in [-0.4, -0.2) is 44.9 Å². The zero-order chi connectivity index (χ0) is 24.5. The number of aromatic amines is 1. The Morgan fingerprint density at radius 3 is 2.61 bits per heavy atom. The number of rotatable bonds is 6.